The van der Waals surface area contributed by atoms with Gasteiger partial charge in [0.05, 0.1) is 29.6 Å². The molecule has 86 valence electrons. The maximum absolute atomic E-state index is 9.09. The second kappa shape index (κ2) is 4.81. The molecule has 0 unspecified atom stereocenters. The van der Waals surface area contributed by atoms with E-state index in [1.54, 1.807) is 6.07 Å². The van der Waals surface area contributed by atoms with Crippen molar-refractivity contribution >= 4 is 0 Å². The molecular weight excluding hydrogens is 214 g/mol. The first-order chi connectivity index (χ1) is 8.28. The summed E-state index contributed by atoms with van der Waals surface area (Å²) < 4.78 is 1.82. The molecule has 0 aliphatic heterocycles. The summed E-state index contributed by atoms with van der Waals surface area (Å²) in [4.78, 5) is 0. The van der Waals surface area contributed by atoms with Gasteiger partial charge in [0.15, 0.2) is 0 Å². The smallest absolute Gasteiger partial charge is 0.0991 e. The van der Waals surface area contributed by atoms with Gasteiger partial charge < -0.3 is 5.11 Å². The normalized spacial score (nSPS) is 10.2. The summed E-state index contributed by atoms with van der Waals surface area (Å²) in [6, 6.07) is 11.3. The highest BCUT2D eigenvalue weighted by molar-refractivity contribution is 5.62. The van der Waals surface area contributed by atoms with Crippen LogP contribution in [0.4, 0.5) is 0 Å². The van der Waals surface area contributed by atoms with Crippen LogP contribution < -0.4 is 0 Å². The van der Waals surface area contributed by atoms with Gasteiger partial charge in [0.25, 0.3) is 0 Å². The number of nitrogens with zero attached hydrogens (tertiary/aromatic N) is 3. The molecule has 0 saturated carbocycles. The van der Waals surface area contributed by atoms with Crippen LogP contribution >= 0.6 is 0 Å². The standard InChI is InChI=1S/C13H13N3O/c1-2-16-13(7-12(9-17)15-16)11-5-3-4-10(6-11)8-14/h3-7,17H,2,9H2,1H3. The summed E-state index contributed by atoms with van der Waals surface area (Å²) in [6.07, 6.45) is 0. The van der Waals surface area contributed by atoms with Crippen molar-refractivity contribution in [1.82, 2.24) is 9.78 Å². The second-order valence-corrected chi connectivity index (χ2v) is 3.69. The minimum absolute atomic E-state index is 0.0715. The Hall–Kier alpha value is -2.12. The molecule has 0 spiro atoms. The molecule has 4 heteroatoms. The van der Waals surface area contributed by atoms with Crippen LogP contribution in [0.5, 0.6) is 0 Å². The molecule has 1 aromatic heterocycles. The zero-order valence-electron chi connectivity index (χ0n) is 9.59. The molecule has 0 atom stereocenters. The Balaban J connectivity index is 2.51. The van der Waals surface area contributed by atoms with Crippen LogP contribution in [-0.4, -0.2) is 14.9 Å². The van der Waals surface area contributed by atoms with Crippen LogP contribution in [0.25, 0.3) is 11.3 Å². The number of aliphatic hydroxyl groups is 1. The molecule has 4 nitrogen and oxygen atoms in total. The molecule has 0 bridgehead atoms. The van der Waals surface area contributed by atoms with Gasteiger partial charge in [-0.3, -0.25) is 4.68 Å². The van der Waals surface area contributed by atoms with Gasteiger partial charge in [0, 0.05) is 12.1 Å². The monoisotopic (exact) mass is 227 g/mol. The molecule has 0 radical (unpaired) electrons. The predicted octanol–water partition coefficient (Wildman–Crippen LogP) is 1.93. The lowest BCUT2D eigenvalue weighted by Crippen LogP contribution is -1.99. The van der Waals surface area contributed by atoms with E-state index < -0.39 is 0 Å². The van der Waals surface area contributed by atoms with E-state index in [9.17, 15) is 0 Å². The Morgan fingerprint density at radius 2 is 2.24 bits per heavy atom. The number of nitriles is 1. The molecule has 17 heavy (non-hydrogen) atoms. The van der Waals surface area contributed by atoms with Gasteiger partial charge in [0.1, 0.15) is 0 Å². The first-order valence-electron chi connectivity index (χ1n) is 5.46. The van der Waals surface area contributed by atoms with Crippen LogP contribution in [-0.2, 0) is 13.2 Å². The molecule has 1 aromatic carbocycles. The fraction of sp³-hybridized carbons (Fsp3) is 0.231. The number of aromatic nitrogens is 2. The first-order valence-corrected chi connectivity index (χ1v) is 5.46. The molecule has 2 rings (SSSR count). The number of benzene rings is 1. The molecule has 1 N–H and O–H groups in total. The van der Waals surface area contributed by atoms with Crippen molar-refractivity contribution in [2.45, 2.75) is 20.1 Å². The average molecular weight is 227 g/mol. The van der Waals surface area contributed by atoms with Crippen LogP contribution in [0.2, 0.25) is 0 Å². The lowest BCUT2D eigenvalue weighted by molar-refractivity contribution is 0.275. The Morgan fingerprint density at radius 3 is 2.88 bits per heavy atom. The van der Waals surface area contributed by atoms with Gasteiger partial charge in [-0.05, 0) is 25.1 Å². The lowest BCUT2D eigenvalue weighted by Gasteiger charge is -2.04. The van der Waals surface area contributed by atoms with Gasteiger partial charge in [-0.1, -0.05) is 12.1 Å². The zero-order valence-corrected chi connectivity index (χ0v) is 9.59. The summed E-state index contributed by atoms with van der Waals surface area (Å²) in [5.41, 5.74) is 3.13. The molecule has 1 heterocycles. The molecule has 2 aromatic rings. The van der Waals surface area contributed by atoms with Crippen molar-refractivity contribution in [3.63, 3.8) is 0 Å². The van der Waals surface area contributed by atoms with Crippen molar-refractivity contribution in [3.8, 4) is 17.3 Å². The number of rotatable bonds is 3. The first kappa shape index (κ1) is 11.4. The molecular formula is C13H13N3O. The van der Waals surface area contributed by atoms with E-state index in [0.29, 0.717) is 11.3 Å². The van der Waals surface area contributed by atoms with E-state index >= 15 is 0 Å². The quantitative estimate of drug-likeness (QED) is 0.871. The van der Waals surface area contributed by atoms with E-state index in [4.69, 9.17) is 10.4 Å². The third-order valence-electron chi connectivity index (χ3n) is 2.58. The summed E-state index contributed by atoms with van der Waals surface area (Å²) in [6.45, 7) is 2.65. The zero-order chi connectivity index (χ0) is 12.3. The third kappa shape index (κ3) is 2.19. The van der Waals surface area contributed by atoms with Crippen molar-refractivity contribution in [1.29, 1.82) is 5.26 Å². The maximum Gasteiger partial charge on any atom is 0.0991 e. The van der Waals surface area contributed by atoms with Crippen molar-refractivity contribution in [2.24, 2.45) is 0 Å². The Kier molecular flexibility index (Phi) is 3.22. The fourth-order valence-corrected chi connectivity index (χ4v) is 1.77. The second-order valence-electron chi connectivity index (χ2n) is 3.69. The highest BCUT2D eigenvalue weighted by Gasteiger charge is 2.08. The Labute approximate surface area is 99.7 Å². The van der Waals surface area contributed by atoms with Crippen LogP contribution in [0.3, 0.4) is 0 Å². The molecule has 0 aliphatic carbocycles. The highest BCUT2D eigenvalue weighted by atomic mass is 16.3. The topological polar surface area (TPSA) is 61.8 Å². The summed E-state index contributed by atoms with van der Waals surface area (Å²) >= 11 is 0. The van der Waals surface area contributed by atoms with Crippen LogP contribution in [0, 0.1) is 11.3 Å². The van der Waals surface area contributed by atoms with Crippen molar-refractivity contribution < 1.29 is 5.11 Å². The minimum atomic E-state index is -0.0715. The van der Waals surface area contributed by atoms with Gasteiger partial charge in [-0.15, -0.1) is 0 Å². The molecule has 0 amide bonds. The third-order valence-corrected chi connectivity index (χ3v) is 2.58. The predicted molar refractivity (Wildman–Crippen MR) is 64.0 cm³/mol. The Morgan fingerprint density at radius 1 is 1.41 bits per heavy atom. The molecule has 0 saturated heterocycles. The van der Waals surface area contributed by atoms with Crippen LogP contribution in [0.15, 0.2) is 30.3 Å². The van der Waals surface area contributed by atoms with Gasteiger partial charge >= 0.3 is 0 Å². The largest absolute Gasteiger partial charge is 0.390 e. The van der Waals surface area contributed by atoms with E-state index in [1.807, 2.05) is 35.9 Å². The maximum atomic E-state index is 9.09. The van der Waals surface area contributed by atoms with Crippen molar-refractivity contribution in [2.75, 3.05) is 0 Å². The summed E-state index contributed by atoms with van der Waals surface area (Å²) in [5.74, 6) is 0. The Bertz CT molecular complexity index is 566. The number of hydrogen-bond acceptors (Lipinski definition) is 3. The van der Waals surface area contributed by atoms with Gasteiger partial charge in [-0.2, -0.15) is 10.4 Å². The van der Waals surface area contributed by atoms with Gasteiger partial charge in [-0.25, -0.2) is 0 Å². The minimum Gasteiger partial charge on any atom is -0.390 e. The number of hydrogen-bond donors (Lipinski definition) is 1. The SMILES string of the molecule is CCn1nc(CO)cc1-c1cccc(C#N)c1. The molecule has 0 aliphatic rings. The fourth-order valence-electron chi connectivity index (χ4n) is 1.77. The van der Waals surface area contributed by atoms with E-state index in [-0.39, 0.29) is 6.61 Å². The van der Waals surface area contributed by atoms with E-state index in [1.165, 1.54) is 0 Å². The lowest BCUT2D eigenvalue weighted by atomic mass is 10.1. The summed E-state index contributed by atoms with van der Waals surface area (Å²) in [5, 5.41) is 22.2. The van der Waals surface area contributed by atoms with Gasteiger partial charge in [0.2, 0.25) is 0 Å². The number of aliphatic hydroxyl groups excluding tert-OH is 1. The van der Waals surface area contributed by atoms with Crippen molar-refractivity contribution in [3.05, 3.63) is 41.6 Å². The molecule has 0 fully saturated rings. The average Bonchev–Trinajstić information content (AvgIpc) is 2.82. The van der Waals surface area contributed by atoms with Crippen LogP contribution in [0.1, 0.15) is 18.2 Å². The highest BCUT2D eigenvalue weighted by Crippen LogP contribution is 2.21. The number of aryl methyl sites for hydroxylation is 1. The van der Waals surface area contributed by atoms with E-state index in [0.717, 1.165) is 17.8 Å². The van der Waals surface area contributed by atoms with E-state index in [2.05, 4.69) is 11.2 Å². The summed E-state index contributed by atoms with van der Waals surface area (Å²) in [7, 11) is 0.